The second kappa shape index (κ2) is 54.9. The molecular weight excluding hydrogens is 829 g/mol. The molecule has 67 heavy (non-hydrogen) atoms. The molecule has 0 saturated heterocycles. The van der Waals surface area contributed by atoms with Gasteiger partial charge in [0.2, 0.25) is 0 Å². The van der Waals surface area contributed by atoms with E-state index in [4.69, 9.17) is 14.2 Å². The minimum absolute atomic E-state index is 0.0929. The molecule has 0 heterocycles. The van der Waals surface area contributed by atoms with Crippen LogP contribution in [0.2, 0.25) is 0 Å². The van der Waals surface area contributed by atoms with Crippen LogP contribution in [0, 0.1) is 0 Å². The summed E-state index contributed by atoms with van der Waals surface area (Å²) in [7, 11) is 0. The van der Waals surface area contributed by atoms with Gasteiger partial charge < -0.3 is 14.2 Å². The number of carbonyl (C=O) groups is 3. The fourth-order valence-corrected chi connectivity index (χ4v) is 7.60. The van der Waals surface area contributed by atoms with Crippen LogP contribution in [0.3, 0.4) is 0 Å². The Morgan fingerprint density at radius 2 is 0.597 bits per heavy atom. The summed E-state index contributed by atoms with van der Waals surface area (Å²) in [4.78, 5) is 38.1. The standard InChI is InChI=1S/C61H102O6/c1-4-7-10-13-16-19-22-25-27-29-30-32-33-36-39-42-45-48-51-54-60(63)66-57-58(56-65-59(62)53-50-47-44-41-38-35-24-21-18-15-12-9-6-3)67-61(64)55-52-49-46-43-40-37-34-31-28-26-23-20-17-14-11-8-5-2/h7,10,13,16,19,22,25-30,32-33,36,39,58H,4-6,8-9,11-12,14-15,17-18,20-21,23-24,31,34-35,37-38,40-57H2,1-3H3/b10-7-,16-13-,22-19-,27-25-,28-26-,30-29+,33-32-,39-36-. The molecule has 0 fully saturated rings. The van der Waals surface area contributed by atoms with E-state index in [1.807, 2.05) is 72.9 Å². The van der Waals surface area contributed by atoms with E-state index in [1.165, 1.54) is 141 Å². The molecule has 6 nitrogen and oxygen atoms in total. The first kappa shape index (κ1) is 63.3. The van der Waals surface area contributed by atoms with Crippen molar-refractivity contribution < 1.29 is 28.6 Å². The molecule has 0 aliphatic heterocycles. The first-order chi connectivity index (χ1) is 33.0. The van der Waals surface area contributed by atoms with Gasteiger partial charge in [0.1, 0.15) is 13.2 Å². The number of rotatable bonds is 49. The molecule has 0 amide bonds. The van der Waals surface area contributed by atoms with E-state index in [0.29, 0.717) is 19.3 Å². The molecule has 6 heteroatoms. The SMILES string of the molecule is CC\C=C/C=C\C=C/C=C\C=C\C=C/C=C\CCCCCC(=O)OCC(COC(=O)CCCCCCCCCCCCCCC)OC(=O)CCCCCCCCC/C=C\CCCCCCCC. The van der Waals surface area contributed by atoms with Crippen molar-refractivity contribution >= 4 is 17.9 Å². The molecular formula is C61H102O6. The number of ether oxygens (including phenoxy) is 3. The lowest BCUT2D eigenvalue weighted by atomic mass is 10.0. The zero-order valence-electron chi connectivity index (χ0n) is 43.6. The van der Waals surface area contributed by atoms with E-state index >= 15 is 0 Å². The molecule has 0 aromatic carbocycles. The highest BCUT2D eigenvalue weighted by Crippen LogP contribution is 2.15. The van der Waals surface area contributed by atoms with Gasteiger partial charge in [0.25, 0.3) is 0 Å². The summed E-state index contributed by atoms with van der Waals surface area (Å²) in [5.74, 6) is -0.941. The molecule has 382 valence electrons. The monoisotopic (exact) mass is 931 g/mol. The molecule has 0 aliphatic rings. The minimum Gasteiger partial charge on any atom is -0.462 e. The molecule has 1 atom stereocenters. The predicted molar refractivity (Wildman–Crippen MR) is 288 cm³/mol. The summed E-state index contributed by atoms with van der Waals surface area (Å²) in [5.41, 5.74) is 0. The van der Waals surface area contributed by atoms with Crippen LogP contribution >= 0.6 is 0 Å². The zero-order chi connectivity index (χ0) is 48.6. The molecule has 1 unspecified atom stereocenters. The van der Waals surface area contributed by atoms with Gasteiger partial charge in [-0.25, -0.2) is 0 Å². The summed E-state index contributed by atoms with van der Waals surface area (Å²) < 4.78 is 16.8. The van der Waals surface area contributed by atoms with Gasteiger partial charge in [-0.2, -0.15) is 0 Å². The smallest absolute Gasteiger partial charge is 0.306 e. The van der Waals surface area contributed by atoms with Crippen molar-refractivity contribution in [3.05, 3.63) is 97.2 Å². The fourth-order valence-electron chi connectivity index (χ4n) is 7.60. The number of hydrogen-bond acceptors (Lipinski definition) is 6. The highest BCUT2D eigenvalue weighted by molar-refractivity contribution is 5.71. The second-order valence-corrected chi connectivity index (χ2v) is 18.3. The van der Waals surface area contributed by atoms with Crippen molar-refractivity contribution in [1.29, 1.82) is 0 Å². The van der Waals surface area contributed by atoms with E-state index in [2.05, 4.69) is 45.1 Å². The van der Waals surface area contributed by atoms with Crippen molar-refractivity contribution in [3.8, 4) is 0 Å². The molecule has 0 aromatic rings. The van der Waals surface area contributed by atoms with Gasteiger partial charge in [0.15, 0.2) is 6.10 Å². The summed E-state index contributed by atoms with van der Waals surface area (Å²) in [6.07, 6.45) is 72.4. The van der Waals surface area contributed by atoms with Gasteiger partial charge in [-0.15, -0.1) is 0 Å². The number of unbranched alkanes of at least 4 members (excludes halogenated alkanes) is 28. The van der Waals surface area contributed by atoms with Gasteiger partial charge in [-0.1, -0.05) is 266 Å². The molecule has 0 saturated carbocycles. The van der Waals surface area contributed by atoms with Gasteiger partial charge in [0, 0.05) is 19.3 Å². The third kappa shape index (κ3) is 53.2. The van der Waals surface area contributed by atoms with Crippen molar-refractivity contribution in [2.45, 2.75) is 258 Å². The van der Waals surface area contributed by atoms with Gasteiger partial charge >= 0.3 is 17.9 Å². The highest BCUT2D eigenvalue weighted by atomic mass is 16.6. The van der Waals surface area contributed by atoms with Crippen LogP contribution in [-0.4, -0.2) is 37.2 Å². The summed E-state index contributed by atoms with van der Waals surface area (Å²) in [5, 5.41) is 0. The Morgan fingerprint density at radius 1 is 0.313 bits per heavy atom. The minimum atomic E-state index is -0.798. The van der Waals surface area contributed by atoms with Crippen molar-refractivity contribution in [2.75, 3.05) is 13.2 Å². The maximum atomic E-state index is 12.8. The van der Waals surface area contributed by atoms with E-state index in [1.54, 1.807) is 0 Å². The Kier molecular flexibility index (Phi) is 51.9. The molecule has 0 radical (unpaired) electrons. The Bertz CT molecular complexity index is 1350. The average Bonchev–Trinajstić information content (AvgIpc) is 3.33. The van der Waals surface area contributed by atoms with Crippen LogP contribution in [0.5, 0.6) is 0 Å². The summed E-state index contributed by atoms with van der Waals surface area (Å²) in [6, 6.07) is 0. The van der Waals surface area contributed by atoms with E-state index in [0.717, 1.165) is 70.6 Å². The number of carbonyl (C=O) groups excluding carboxylic acids is 3. The zero-order valence-corrected chi connectivity index (χ0v) is 43.6. The quantitative estimate of drug-likeness (QED) is 0.0199. The van der Waals surface area contributed by atoms with E-state index < -0.39 is 6.10 Å². The largest absolute Gasteiger partial charge is 0.462 e. The second-order valence-electron chi connectivity index (χ2n) is 18.3. The third-order valence-electron chi connectivity index (χ3n) is 11.8. The fraction of sp³-hybridized carbons (Fsp3) is 0.689. The van der Waals surface area contributed by atoms with Crippen LogP contribution in [0.4, 0.5) is 0 Å². The van der Waals surface area contributed by atoms with Gasteiger partial charge in [-0.3, -0.25) is 14.4 Å². The lowest BCUT2D eigenvalue weighted by molar-refractivity contribution is -0.167. The Hall–Kier alpha value is -3.67. The maximum Gasteiger partial charge on any atom is 0.306 e. The molecule has 0 aliphatic carbocycles. The van der Waals surface area contributed by atoms with Crippen LogP contribution in [0.25, 0.3) is 0 Å². The average molecular weight is 931 g/mol. The van der Waals surface area contributed by atoms with Crippen LogP contribution < -0.4 is 0 Å². The Balaban J connectivity index is 4.49. The Morgan fingerprint density at radius 3 is 0.970 bits per heavy atom. The topological polar surface area (TPSA) is 78.9 Å². The number of hydrogen-bond donors (Lipinski definition) is 0. The maximum absolute atomic E-state index is 12.8. The van der Waals surface area contributed by atoms with Crippen LogP contribution in [0.15, 0.2) is 97.2 Å². The number of allylic oxidation sites excluding steroid dienone is 16. The van der Waals surface area contributed by atoms with Gasteiger partial charge in [-0.05, 0) is 64.2 Å². The third-order valence-corrected chi connectivity index (χ3v) is 11.8. The molecule has 0 rings (SSSR count). The molecule has 0 N–H and O–H groups in total. The van der Waals surface area contributed by atoms with Crippen molar-refractivity contribution in [3.63, 3.8) is 0 Å². The number of esters is 3. The first-order valence-corrected chi connectivity index (χ1v) is 27.8. The summed E-state index contributed by atoms with van der Waals surface area (Å²) in [6.45, 7) is 6.45. The summed E-state index contributed by atoms with van der Waals surface area (Å²) >= 11 is 0. The van der Waals surface area contributed by atoms with E-state index in [-0.39, 0.29) is 31.1 Å². The molecule has 0 spiro atoms. The lowest BCUT2D eigenvalue weighted by Crippen LogP contribution is -2.30. The van der Waals surface area contributed by atoms with Crippen LogP contribution in [-0.2, 0) is 28.6 Å². The highest BCUT2D eigenvalue weighted by Gasteiger charge is 2.19. The normalized spacial score (nSPS) is 12.8. The predicted octanol–water partition coefficient (Wildman–Crippen LogP) is 18.5. The van der Waals surface area contributed by atoms with E-state index in [9.17, 15) is 14.4 Å². The Labute approximate surface area is 413 Å². The molecule has 0 aromatic heterocycles. The van der Waals surface area contributed by atoms with Crippen LogP contribution in [0.1, 0.15) is 252 Å². The van der Waals surface area contributed by atoms with Gasteiger partial charge in [0.05, 0.1) is 0 Å². The lowest BCUT2D eigenvalue weighted by Gasteiger charge is -2.18. The van der Waals surface area contributed by atoms with Crippen molar-refractivity contribution in [2.24, 2.45) is 0 Å². The first-order valence-electron chi connectivity index (χ1n) is 27.8. The van der Waals surface area contributed by atoms with Crippen molar-refractivity contribution in [1.82, 2.24) is 0 Å². The molecule has 0 bridgehead atoms.